The fraction of sp³-hybridized carbons (Fsp3) is 0.350. The van der Waals surface area contributed by atoms with E-state index in [9.17, 15) is 13.2 Å². The van der Waals surface area contributed by atoms with Gasteiger partial charge in [0, 0.05) is 38.6 Å². The molecule has 0 fully saturated rings. The molecular weight excluding hydrogens is 400 g/mol. The number of nitrogens with zero attached hydrogens (tertiary/aromatic N) is 2. The zero-order valence-corrected chi connectivity index (χ0v) is 17.8. The lowest BCUT2D eigenvalue weighted by Gasteiger charge is -2.20. The number of ether oxygens (including phenoxy) is 1. The number of carbonyl (C=O) groups is 1. The molecule has 0 heterocycles. The summed E-state index contributed by atoms with van der Waals surface area (Å²) in [5, 5.41) is 0.628. The highest BCUT2D eigenvalue weighted by Crippen LogP contribution is 2.19. The van der Waals surface area contributed by atoms with Gasteiger partial charge in [0.05, 0.1) is 12.0 Å². The summed E-state index contributed by atoms with van der Waals surface area (Å²) >= 11 is 5.96. The van der Waals surface area contributed by atoms with E-state index in [0.717, 1.165) is 5.56 Å². The quantitative estimate of drug-likeness (QED) is 0.618. The lowest BCUT2D eigenvalue weighted by Crippen LogP contribution is -2.30. The van der Waals surface area contributed by atoms with Crippen LogP contribution in [-0.4, -0.2) is 51.3 Å². The van der Waals surface area contributed by atoms with Gasteiger partial charge in [-0.2, -0.15) is 0 Å². The molecule has 0 bridgehead atoms. The first-order valence-corrected chi connectivity index (χ1v) is 10.6. The molecule has 2 rings (SSSR count). The van der Waals surface area contributed by atoms with Crippen molar-refractivity contribution in [3.63, 3.8) is 0 Å². The number of methoxy groups -OCH3 is 1. The van der Waals surface area contributed by atoms with Crippen LogP contribution in [0.2, 0.25) is 5.02 Å². The first-order chi connectivity index (χ1) is 13.2. The van der Waals surface area contributed by atoms with Gasteiger partial charge >= 0.3 is 0 Å². The Hall–Kier alpha value is -2.09. The number of hydrogen-bond acceptors (Lipinski definition) is 4. The fourth-order valence-electron chi connectivity index (χ4n) is 2.69. The van der Waals surface area contributed by atoms with E-state index in [0.29, 0.717) is 23.7 Å². The monoisotopic (exact) mass is 424 g/mol. The molecule has 0 spiro atoms. The second kappa shape index (κ2) is 9.91. The highest BCUT2D eigenvalue weighted by molar-refractivity contribution is 7.89. The summed E-state index contributed by atoms with van der Waals surface area (Å²) < 4.78 is 31.5. The summed E-state index contributed by atoms with van der Waals surface area (Å²) in [5.74, 6) is 0.546. The summed E-state index contributed by atoms with van der Waals surface area (Å²) in [6.45, 7) is 0.713. The van der Waals surface area contributed by atoms with Crippen LogP contribution in [0.1, 0.15) is 18.4 Å². The Morgan fingerprint density at radius 3 is 2.39 bits per heavy atom. The third-order valence-corrected chi connectivity index (χ3v) is 6.47. The number of carbonyl (C=O) groups excluding carboxylic acids is 1. The summed E-state index contributed by atoms with van der Waals surface area (Å²) in [6.07, 6.45) is 0.699. The average Bonchev–Trinajstić information content (AvgIpc) is 2.67. The van der Waals surface area contributed by atoms with Gasteiger partial charge in [0.15, 0.2) is 0 Å². The minimum atomic E-state index is -3.60. The molecule has 0 saturated heterocycles. The zero-order chi connectivity index (χ0) is 20.7. The van der Waals surface area contributed by atoms with E-state index in [1.165, 1.54) is 30.6 Å². The molecule has 2 aromatic carbocycles. The molecule has 0 saturated carbocycles. The smallest absolute Gasteiger partial charge is 0.242 e. The van der Waals surface area contributed by atoms with Crippen molar-refractivity contribution in [1.82, 2.24) is 9.21 Å². The van der Waals surface area contributed by atoms with Gasteiger partial charge in [0.1, 0.15) is 5.75 Å². The normalized spacial score (nSPS) is 11.5. The number of benzene rings is 2. The maximum Gasteiger partial charge on any atom is 0.242 e. The molecule has 0 radical (unpaired) electrons. The van der Waals surface area contributed by atoms with Crippen LogP contribution in [0.5, 0.6) is 5.75 Å². The Labute approximate surface area is 171 Å². The Morgan fingerprint density at radius 2 is 1.79 bits per heavy atom. The van der Waals surface area contributed by atoms with Gasteiger partial charge in [-0.3, -0.25) is 4.79 Å². The summed E-state index contributed by atoms with van der Waals surface area (Å²) in [4.78, 5) is 14.1. The molecule has 0 aliphatic rings. The van der Waals surface area contributed by atoms with E-state index < -0.39 is 10.0 Å². The first kappa shape index (κ1) is 22.2. The van der Waals surface area contributed by atoms with Crippen molar-refractivity contribution in [2.45, 2.75) is 24.3 Å². The van der Waals surface area contributed by atoms with Gasteiger partial charge in [-0.05, 0) is 48.4 Å². The van der Waals surface area contributed by atoms with E-state index >= 15 is 0 Å². The Kier molecular flexibility index (Phi) is 7.86. The number of hydrogen-bond donors (Lipinski definition) is 0. The molecule has 2 aromatic rings. The van der Waals surface area contributed by atoms with Crippen molar-refractivity contribution in [2.75, 3.05) is 27.7 Å². The minimum absolute atomic E-state index is 0.0461. The third kappa shape index (κ3) is 5.95. The van der Waals surface area contributed by atoms with Gasteiger partial charge < -0.3 is 9.64 Å². The van der Waals surface area contributed by atoms with Gasteiger partial charge in [-0.1, -0.05) is 23.7 Å². The molecule has 28 heavy (non-hydrogen) atoms. The number of amides is 1. The highest BCUT2D eigenvalue weighted by atomic mass is 35.5. The number of rotatable bonds is 9. The molecule has 0 aliphatic heterocycles. The standard InChI is InChI=1S/C20H25ClN2O4S/c1-22(15-16-6-4-7-17(21)14-16)20(24)8-5-13-23(2)28(25,26)19-11-9-18(27-3)10-12-19/h4,6-7,9-12,14H,5,8,13,15H2,1-3H3. The zero-order valence-electron chi connectivity index (χ0n) is 16.3. The molecule has 6 nitrogen and oxygen atoms in total. The molecule has 0 atom stereocenters. The van der Waals surface area contributed by atoms with Gasteiger partial charge in [0.2, 0.25) is 15.9 Å². The van der Waals surface area contributed by atoms with Crippen LogP contribution >= 0.6 is 11.6 Å². The molecule has 1 amide bonds. The van der Waals surface area contributed by atoms with Crippen molar-refractivity contribution in [2.24, 2.45) is 0 Å². The lowest BCUT2D eigenvalue weighted by molar-refractivity contribution is -0.130. The van der Waals surface area contributed by atoms with Crippen LogP contribution in [0, 0.1) is 0 Å². The maximum atomic E-state index is 12.6. The number of sulfonamides is 1. The molecule has 152 valence electrons. The SMILES string of the molecule is COc1ccc(S(=O)(=O)N(C)CCCC(=O)N(C)Cc2cccc(Cl)c2)cc1. The average molecular weight is 425 g/mol. The van der Waals surface area contributed by atoms with Crippen LogP contribution in [0.3, 0.4) is 0 Å². The van der Waals surface area contributed by atoms with Crippen molar-refractivity contribution in [3.05, 3.63) is 59.1 Å². The van der Waals surface area contributed by atoms with E-state index in [-0.39, 0.29) is 23.8 Å². The second-order valence-corrected chi connectivity index (χ2v) is 8.97. The van der Waals surface area contributed by atoms with E-state index in [1.54, 1.807) is 30.1 Å². The minimum Gasteiger partial charge on any atom is -0.497 e. The molecule has 8 heteroatoms. The Balaban J connectivity index is 1.86. The van der Waals surface area contributed by atoms with Crippen molar-refractivity contribution in [1.29, 1.82) is 0 Å². The summed E-state index contributed by atoms with van der Waals surface area (Å²) in [7, 11) is 1.16. The lowest BCUT2D eigenvalue weighted by atomic mass is 10.2. The molecule has 0 unspecified atom stereocenters. The summed E-state index contributed by atoms with van der Waals surface area (Å²) in [6, 6.07) is 13.6. The summed E-state index contributed by atoms with van der Waals surface area (Å²) in [5.41, 5.74) is 0.947. The molecular formula is C20H25ClN2O4S. The van der Waals surface area contributed by atoms with E-state index in [4.69, 9.17) is 16.3 Å². The predicted octanol–water partition coefficient (Wildman–Crippen LogP) is 3.41. The van der Waals surface area contributed by atoms with Crippen LogP contribution in [0.4, 0.5) is 0 Å². The third-order valence-electron chi connectivity index (χ3n) is 4.37. The van der Waals surface area contributed by atoms with Gasteiger partial charge in [-0.25, -0.2) is 12.7 Å². The fourth-order valence-corrected chi connectivity index (χ4v) is 4.11. The highest BCUT2D eigenvalue weighted by Gasteiger charge is 2.21. The van der Waals surface area contributed by atoms with Gasteiger partial charge in [0.25, 0.3) is 0 Å². The molecule has 0 N–H and O–H groups in total. The van der Waals surface area contributed by atoms with Crippen LogP contribution < -0.4 is 4.74 Å². The van der Waals surface area contributed by atoms with E-state index in [1.807, 2.05) is 18.2 Å². The van der Waals surface area contributed by atoms with Crippen molar-refractivity contribution >= 4 is 27.5 Å². The molecule has 0 aromatic heterocycles. The predicted molar refractivity (Wildman–Crippen MR) is 110 cm³/mol. The first-order valence-electron chi connectivity index (χ1n) is 8.83. The van der Waals surface area contributed by atoms with Crippen molar-refractivity contribution < 1.29 is 17.9 Å². The Bertz CT molecular complexity index is 901. The van der Waals surface area contributed by atoms with Crippen LogP contribution in [0.25, 0.3) is 0 Å². The van der Waals surface area contributed by atoms with E-state index in [2.05, 4.69) is 0 Å². The Morgan fingerprint density at radius 1 is 1.11 bits per heavy atom. The second-order valence-electron chi connectivity index (χ2n) is 6.49. The largest absolute Gasteiger partial charge is 0.497 e. The van der Waals surface area contributed by atoms with Gasteiger partial charge in [-0.15, -0.1) is 0 Å². The van der Waals surface area contributed by atoms with Crippen LogP contribution in [0.15, 0.2) is 53.4 Å². The molecule has 0 aliphatic carbocycles. The van der Waals surface area contributed by atoms with Crippen molar-refractivity contribution in [3.8, 4) is 5.75 Å². The number of halogens is 1. The topological polar surface area (TPSA) is 66.9 Å². The van der Waals surface area contributed by atoms with Crippen LogP contribution in [-0.2, 0) is 21.4 Å². The maximum absolute atomic E-state index is 12.6.